The Bertz CT molecular complexity index is 812. The number of hydrogen-bond donors (Lipinski definition) is 1. The summed E-state index contributed by atoms with van der Waals surface area (Å²) in [5, 5.41) is 1.36. The molecular weight excluding hydrogens is 316 g/mol. The second kappa shape index (κ2) is 6.98. The molecule has 0 spiro atoms. The molecule has 2 aromatic heterocycles. The first kappa shape index (κ1) is 15.1. The molecule has 0 bridgehead atoms. The molecule has 114 valence electrons. The summed E-state index contributed by atoms with van der Waals surface area (Å²) in [7, 11) is 0. The van der Waals surface area contributed by atoms with E-state index in [0.717, 1.165) is 27.6 Å². The van der Waals surface area contributed by atoms with Crippen LogP contribution in [0.1, 0.15) is 11.3 Å². The van der Waals surface area contributed by atoms with Crippen molar-refractivity contribution in [2.45, 2.75) is 18.5 Å². The van der Waals surface area contributed by atoms with E-state index >= 15 is 0 Å². The molecule has 0 aliphatic heterocycles. The van der Waals surface area contributed by atoms with Gasteiger partial charge in [-0.1, -0.05) is 30.0 Å². The highest BCUT2D eigenvalue weighted by Crippen LogP contribution is 2.22. The van der Waals surface area contributed by atoms with Gasteiger partial charge in [-0.3, -0.25) is 4.79 Å². The van der Waals surface area contributed by atoms with E-state index in [0.29, 0.717) is 17.1 Å². The monoisotopic (exact) mass is 332 g/mol. The molecule has 2 heterocycles. The van der Waals surface area contributed by atoms with Gasteiger partial charge in [-0.15, -0.1) is 11.3 Å². The lowest BCUT2D eigenvalue weighted by atomic mass is 10.3. The second-order valence-corrected chi connectivity index (χ2v) is 7.13. The van der Waals surface area contributed by atoms with E-state index < -0.39 is 0 Å². The van der Waals surface area contributed by atoms with Crippen molar-refractivity contribution in [2.24, 2.45) is 0 Å². The van der Waals surface area contributed by atoms with Gasteiger partial charge in [0.1, 0.15) is 10.6 Å². The summed E-state index contributed by atoms with van der Waals surface area (Å²) < 4.78 is 5.64. The number of benzene rings is 1. The zero-order valence-electron chi connectivity index (χ0n) is 12.2. The SMILES string of the molecule is Cc1cc2c(=O)[nH]c(SCCCOc3ccccc3)nc2s1. The standard InChI is InChI=1S/C16H16N2O2S2/c1-11-10-13-14(19)17-16(18-15(13)22-11)21-9-5-8-20-12-6-3-2-4-7-12/h2-4,6-7,10H,5,8-9H2,1H3,(H,17,18,19). The lowest BCUT2D eigenvalue weighted by Crippen LogP contribution is -2.08. The van der Waals surface area contributed by atoms with Crippen LogP contribution in [0, 0.1) is 6.92 Å². The van der Waals surface area contributed by atoms with E-state index in [-0.39, 0.29) is 5.56 Å². The molecule has 1 aromatic carbocycles. The maximum Gasteiger partial charge on any atom is 0.260 e. The first-order valence-corrected chi connectivity index (χ1v) is 8.84. The fourth-order valence-electron chi connectivity index (χ4n) is 2.04. The third-order valence-corrected chi connectivity index (χ3v) is 4.95. The van der Waals surface area contributed by atoms with Crippen molar-refractivity contribution < 1.29 is 4.74 Å². The Hall–Kier alpha value is -1.79. The van der Waals surface area contributed by atoms with Crippen LogP contribution < -0.4 is 10.3 Å². The highest BCUT2D eigenvalue weighted by Gasteiger charge is 2.07. The van der Waals surface area contributed by atoms with Gasteiger partial charge in [0.15, 0.2) is 5.16 Å². The molecular formula is C16H16N2O2S2. The summed E-state index contributed by atoms with van der Waals surface area (Å²) in [6.45, 7) is 2.64. The van der Waals surface area contributed by atoms with Crippen LogP contribution in [-0.4, -0.2) is 22.3 Å². The number of aryl methyl sites for hydroxylation is 1. The van der Waals surface area contributed by atoms with Crippen LogP contribution in [0.15, 0.2) is 46.3 Å². The van der Waals surface area contributed by atoms with E-state index in [4.69, 9.17) is 4.74 Å². The van der Waals surface area contributed by atoms with Gasteiger partial charge in [-0.25, -0.2) is 4.98 Å². The lowest BCUT2D eigenvalue weighted by molar-refractivity contribution is 0.318. The number of aromatic nitrogens is 2. The quantitative estimate of drug-likeness (QED) is 0.423. The van der Waals surface area contributed by atoms with Crippen molar-refractivity contribution in [3.8, 4) is 5.75 Å². The fourth-order valence-corrected chi connectivity index (χ4v) is 3.75. The van der Waals surface area contributed by atoms with Crippen LogP contribution in [-0.2, 0) is 0 Å². The number of H-pyrrole nitrogens is 1. The predicted octanol–water partition coefficient (Wildman–Crippen LogP) is 3.85. The Morgan fingerprint density at radius 2 is 2.14 bits per heavy atom. The molecule has 1 N–H and O–H groups in total. The van der Waals surface area contributed by atoms with Crippen LogP contribution in [0.2, 0.25) is 0 Å². The molecule has 0 saturated heterocycles. The molecule has 22 heavy (non-hydrogen) atoms. The molecule has 6 heteroatoms. The molecule has 3 aromatic rings. The van der Waals surface area contributed by atoms with Crippen molar-refractivity contribution in [1.82, 2.24) is 9.97 Å². The van der Waals surface area contributed by atoms with E-state index in [1.165, 1.54) is 0 Å². The largest absolute Gasteiger partial charge is 0.494 e. The number of thiophene rings is 1. The smallest absolute Gasteiger partial charge is 0.260 e. The highest BCUT2D eigenvalue weighted by atomic mass is 32.2. The zero-order valence-corrected chi connectivity index (χ0v) is 13.8. The number of ether oxygens (including phenoxy) is 1. The van der Waals surface area contributed by atoms with Crippen LogP contribution >= 0.6 is 23.1 Å². The predicted molar refractivity (Wildman–Crippen MR) is 92.3 cm³/mol. The van der Waals surface area contributed by atoms with Gasteiger partial charge in [-0.05, 0) is 31.5 Å². The minimum Gasteiger partial charge on any atom is -0.494 e. The van der Waals surface area contributed by atoms with Gasteiger partial charge in [-0.2, -0.15) is 0 Å². The topological polar surface area (TPSA) is 55.0 Å². The minimum atomic E-state index is -0.0580. The van der Waals surface area contributed by atoms with Crippen molar-refractivity contribution in [2.75, 3.05) is 12.4 Å². The summed E-state index contributed by atoms with van der Waals surface area (Å²) in [6.07, 6.45) is 0.894. The van der Waals surface area contributed by atoms with Gasteiger partial charge in [0.25, 0.3) is 5.56 Å². The molecule has 3 rings (SSSR count). The van der Waals surface area contributed by atoms with Gasteiger partial charge in [0.05, 0.1) is 12.0 Å². The maximum atomic E-state index is 12.0. The van der Waals surface area contributed by atoms with E-state index in [9.17, 15) is 4.79 Å². The lowest BCUT2D eigenvalue weighted by Gasteiger charge is -2.05. The molecule has 0 aliphatic carbocycles. The van der Waals surface area contributed by atoms with E-state index in [2.05, 4.69) is 9.97 Å². The maximum absolute atomic E-state index is 12.0. The number of nitrogens with zero attached hydrogens (tertiary/aromatic N) is 1. The number of aromatic amines is 1. The van der Waals surface area contributed by atoms with Crippen LogP contribution in [0.25, 0.3) is 10.2 Å². The number of hydrogen-bond acceptors (Lipinski definition) is 5. The normalized spacial score (nSPS) is 11.0. The molecule has 0 radical (unpaired) electrons. The number of fused-ring (bicyclic) bond motifs is 1. The van der Waals surface area contributed by atoms with Crippen LogP contribution in [0.5, 0.6) is 5.75 Å². The number of para-hydroxylation sites is 1. The molecule has 0 amide bonds. The zero-order chi connectivity index (χ0) is 15.4. The van der Waals surface area contributed by atoms with Crippen molar-refractivity contribution >= 4 is 33.3 Å². The van der Waals surface area contributed by atoms with Crippen LogP contribution in [0.3, 0.4) is 0 Å². The van der Waals surface area contributed by atoms with Gasteiger partial charge >= 0.3 is 0 Å². The minimum absolute atomic E-state index is 0.0580. The van der Waals surface area contributed by atoms with Gasteiger partial charge < -0.3 is 9.72 Å². The molecule has 0 fully saturated rings. The molecule has 4 nitrogen and oxygen atoms in total. The Balaban J connectivity index is 1.52. The average molecular weight is 332 g/mol. The Kier molecular flexibility index (Phi) is 4.80. The van der Waals surface area contributed by atoms with Crippen molar-refractivity contribution in [3.63, 3.8) is 0 Å². The molecule has 0 aliphatic rings. The number of rotatable bonds is 6. The van der Waals surface area contributed by atoms with E-state index in [1.54, 1.807) is 23.1 Å². The Morgan fingerprint density at radius 1 is 1.32 bits per heavy atom. The van der Waals surface area contributed by atoms with E-state index in [1.807, 2.05) is 43.3 Å². The number of nitrogens with one attached hydrogen (secondary N) is 1. The first-order chi connectivity index (χ1) is 10.7. The second-order valence-electron chi connectivity index (χ2n) is 4.81. The van der Waals surface area contributed by atoms with Crippen molar-refractivity contribution in [1.29, 1.82) is 0 Å². The van der Waals surface area contributed by atoms with Crippen LogP contribution in [0.4, 0.5) is 0 Å². The third kappa shape index (κ3) is 3.69. The summed E-state index contributed by atoms with van der Waals surface area (Å²) in [6, 6.07) is 11.6. The highest BCUT2D eigenvalue weighted by molar-refractivity contribution is 7.99. The van der Waals surface area contributed by atoms with Gasteiger partial charge in [0.2, 0.25) is 0 Å². The molecule has 0 unspecified atom stereocenters. The summed E-state index contributed by atoms with van der Waals surface area (Å²) in [5.74, 6) is 1.74. The summed E-state index contributed by atoms with van der Waals surface area (Å²) >= 11 is 3.11. The fraction of sp³-hybridized carbons (Fsp3) is 0.250. The van der Waals surface area contributed by atoms with Gasteiger partial charge in [0, 0.05) is 10.6 Å². The summed E-state index contributed by atoms with van der Waals surface area (Å²) in [4.78, 5) is 21.2. The van der Waals surface area contributed by atoms with Crippen molar-refractivity contribution in [3.05, 3.63) is 51.6 Å². The number of thioether (sulfide) groups is 1. The Morgan fingerprint density at radius 3 is 2.95 bits per heavy atom. The molecule has 0 atom stereocenters. The third-order valence-electron chi connectivity index (χ3n) is 3.04. The first-order valence-electron chi connectivity index (χ1n) is 7.03. The molecule has 0 saturated carbocycles. The Labute approximate surface area is 136 Å². The summed E-state index contributed by atoms with van der Waals surface area (Å²) in [5.41, 5.74) is -0.0580. The average Bonchev–Trinajstić information content (AvgIpc) is 2.89.